The third-order valence-corrected chi connectivity index (χ3v) is 2.68. The minimum absolute atomic E-state index is 0.00285. The standard InChI is InChI=1S/C10H11N3O4/c14-10(15)9-5-8(11-12-9)6-2-1-3-7(4-6)13(16)17/h1-4,8-9,11-12H,5H2,(H,14,15). The van der Waals surface area contributed by atoms with Crippen LogP contribution in [0.25, 0.3) is 0 Å². The summed E-state index contributed by atoms with van der Waals surface area (Å²) < 4.78 is 0. The minimum atomic E-state index is -0.939. The molecule has 7 heteroatoms. The highest BCUT2D eigenvalue weighted by atomic mass is 16.6. The SMILES string of the molecule is O=C(O)C1CC(c2cccc([N+](=O)[O-])c2)NN1. The van der Waals surface area contributed by atoms with E-state index in [0.717, 1.165) is 0 Å². The second-order valence-corrected chi connectivity index (χ2v) is 3.82. The summed E-state index contributed by atoms with van der Waals surface area (Å²) in [6.07, 6.45) is 0.358. The van der Waals surface area contributed by atoms with Crippen LogP contribution in [-0.2, 0) is 4.79 Å². The van der Waals surface area contributed by atoms with Crippen molar-refractivity contribution in [2.24, 2.45) is 0 Å². The van der Waals surface area contributed by atoms with Gasteiger partial charge in [0.25, 0.3) is 5.69 Å². The average Bonchev–Trinajstić information content (AvgIpc) is 2.78. The van der Waals surface area contributed by atoms with Gasteiger partial charge < -0.3 is 5.11 Å². The molecule has 2 unspecified atom stereocenters. The molecule has 0 amide bonds. The van der Waals surface area contributed by atoms with Crippen molar-refractivity contribution < 1.29 is 14.8 Å². The molecule has 2 atom stereocenters. The van der Waals surface area contributed by atoms with Gasteiger partial charge in [-0.2, -0.15) is 0 Å². The van der Waals surface area contributed by atoms with E-state index < -0.39 is 16.9 Å². The Balaban J connectivity index is 2.16. The highest BCUT2D eigenvalue weighted by molar-refractivity contribution is 5.73. The Bertz CT molecular complexity index is 463. The van der Waals surface area contributed by atoms with E-state index >= 15 is 0 Å². The minimum Gasteiger partial charge on any atom is -0.480 e. The maximum absolute atomic E-state index is 10.7. The normalized spacial score (nSPS) is 23.5. The lowest BCUT2D eigenvalue weighted by Crippen LogP contribution is -2.36. The predicted octanol–water partition coefficient (Wildman–Crippen LogP) is 0.587. The number of nitrogens with one attached hydrogen (secondary N) is 2. The van der Waals surface area contributed by atoms with E-state index in [0.29, 0.717) is 12.0 Å². The first kappa shape index (κ1) is 11.5. The molecule has 3 N–H and O–H groups in total. The Morgan fingerprint density at radius 2 is 2.24 bits per heavy atom. The topological polar surface area (TPSA) is 104 Å². The van der Waals surface area contributed by atoms with Gasteiger partial charge in [0.05, 0.1) is 4.92 Å². The summed E-state index contributed by atoms with van der Waals surface area (Å²) in [6.45, 7) is 0. The fourth-order valence-electron chi connectivity index (χ4n) is 1.79. The van der Waals surface area contributed by atoms with Gasteiger partial charge in [-0.05, 0) is 12.0 Å². The van der Waals surface area contributed by atoms with E-state index in [2.05, 4.69) is 10.9 Å². The number of hydrazine groups is 1. The number of hydrogen-bond acceptors (Lipinski definition) is 5. The molecule has 7 nitrogen and oxygen atoms in total. The largest absolute Gasteiger partial charge is 0.480 e. The fourth-order valence-corrected chi connectivity index (χ4v) is 1.79. The summed E-state index contributed by atoms with van der Waals surface area (Å²) in [5.74, 6) is -0.939. The van der Waals surface area contributed by atoms with E-state index in [1.165, 1.54) is 12.1 Å². The van der Waals surface area contributed by atoms with E-state index in [1.807, 2.05) is 0 Å². The van der Waals surface area contributed by atoms with Crippen LogP contribution >= 0.6 is 0 Å². The zero-order valence-electron chi connectivity index (χ0n) is 8.79. The number of carbonyl (C=O) groups is 1. The molecule has 0 radical (unpaired) electrons. The smallest absolute Gasteiger partial charge is 0.322 e. The molecule has 0 aliphatic carbocycles. The van der Waals surface area contributed by atoms with E-state index in [4.69, 9.17) is 5.11 Å². The molecule has 90 valence electrons. The molecular weight excluding hydrogens is 226 g/mol. The van der Waals surface area contributed by atoms with Crippen molar-refractivity contribution in [2.45, 2.75) is 18.5 Å². The number of carboxylic acids is 1. The summed E-state index contributed by atoms with van der Waals surface area (Å²) >= 11 is 0. The zero-order chi connectivity index (χ0) is 12.4. The fraction of sp³-hybridized carbons (Fsp3) is 0.300. The van der Waals surface area contributed by atoms with Crippen LogP contribution in [0, 0.1) is 10.1 Å². The number of rotatable bonds is 3. The summed E-state index contributed by atoms with van der Waals surface area (Å²) in [7, 11) is 0. The molecular formula is C10H11N3O4. The van der Waals surface area contributed by atoms with Crippen LogP contribution < -0.4 is 10.9 Å². The van der Waals surface area contributed by atoms with Gasteiger partial charge in [0.2, 0.25) is 0 Å². The highest BCUT2D eigenvalue weighted by Crippen LogP contribution is 2.25. The summed E-state index contributed by atoms with van der Waals surface area (Å²) in [6, 6.07) is 5.28. The molecule has 1 aromatic carbocycles. The van der Waals surface area contributed by atoms with Crippen molar-refractivity contribution in [3.05, 3.63) is 39.9 Å². The Labute approximate surface area is 96.6 Å². The first-order chi connectivity index (χ1) is 8.08. The van der Waals surface area contributed by atoms with Gasteiger partial charge in [0.1, 0.15) is 6.04 Å². The third-order valence-electron chi connectivity index (χ3n) is 2.68. The number of hydrogen-bond donors (Lipinski definition) is 3. The van der Waals surface area contributed by atoms with Crippen molar-refractivity contribution in [1.29, 1.82) is 0 Å². The number of benzene rings is 1. The number of aliphatic carboxylic acids is 1. The third kappa shape index (κ3) is 2.40. The first-order valence-corrected chi connectivity index (χ1v) is 5.06. The monoisotopic (exact) mass is 237 g/mol. The Morgan fingerprint density at radius 3 is 2.82 bits per heavy atom. The van der Waals surface area contributed by atoms with Crippen LogP contribution in [0.4, 0.5) is 5.69 Å². The maximum Gasteiger partial charge on any atom is 0.322 e. The molecule has 1 aliphatic rings. The first-order valence-electron chi connectivity index (χ1n) is 5.06. The van der Waals surface area contributed by atoms with Gasteiger partial charge in [-0.3, -0.25) is 14.9 Å². The average molecular weight is 237 g/mol. The van der Waals surface area contributed by atoms with Crippen LogP contribution in [0.3, 0.4) is 0 Å². The quantitative estimate of drug-likeness (QED) is 0.525. The second-order valence-electron chi connectivity index (χ2n) is 3.82. The summed E-state index contributed by atoms with van der Waals surface area (Å²) in [5.41, 5.74) is 6.16. The number of nitro benzene ring substituents is 1. The molecule has 0 spiro atoms. The Morgan fingerprint density at radius 1 is 1.47 bits per heavy atom. The predicted molar refractivity (Wildman–Crippen MR) is 58.1 cm³/mol. The van der Waals surface area contributed by atoms with Crippen molar-refractivity contribution in [2.75, 3.05) is 0 Å². The van der Waals surface area contributed by atoms with Crippen LogP contribution in [0.5, 0.6) is 0 Å². The van der Waals surface area contributed by atoms with Gasteiger partial charge >= 0.3 is 5.97 Å². The molecule has 0 aromatic heterocycles. The Hall–Kier alpha value is -1.99. The van der Waals surface area contributed by atoms with Gasteiger partial charge in [-0.15, -0.1) is 0 Å². The lowest BCUT2D eigenvalue weighted by molar-refractivity contribution is -0.384. The van der Waals surface area contributed by atoms with E-state index in [1.54, 1.807) is 12.1 Å². The molecule has 0 saturated carbocycles. The Kier molecular flexibility index (Phi) is 3.03. The van der Waals surface area contributed by atoms with Gasteiger partial charge in [0.15, 0.2) is 0 Å². The number of nitro groups is 1. The van der Waals surface area contributed by atoms with Crippen molar-refractivity contribution >= 4 is 11.7 Å². The maximum atomic E-state index is 10.7. The molecule has 1 aliphatic heterocycles. The van der Waals surface area contributed by atoms with Crippen molar-refractivity contribution in [3.63, 3.8) is 0 Å². The zero-order valence-corrected chi connectivity index (χ0v) is 8.79. The van der Waals surface area contributed by atoms with E-state index in [-0.39, 0.29) is 11.7 Å². The molecule has 1 saturated heterocycles. The summed E-state index contributed by atoms with van der Waals surface area (Å²) in [5, 5.41) is 19.4. The van der Waals surface area contributed by atoms with E-state index in [9.17, 15) is 14.9 Å². The lowest BCUT2D eigenvalue weighted by Gasteiger charge is -2.08. The lowest BCUT2D eigenvalue weighted by atomic mass is 10.0. The molecule has 1 fully saturated rings. The van der Waals surface area contributed by atoms with Crippen LogP contribution in [0.15, 0.2) is 24.3 Å². The second kappa shape index (κ2) is 4.48. The van der Waals surface area contributed by atoms with Gasteiger partial charge in [0, 0.05) is 18.2 Å². The van der Waals surface area contributed by atoms with Gasteiger partial charge in [-0.1, -0.05) is 12.1 Å². The summed E-state index contributed by atoms with van der Waals surface area (Å²) in [4.78, 5) is 20.9. The van der Waals surface area contributed by atoms with Crippen molar-refractivity contribution in [1.82, 2.24) is 10.9 Å². The highest BCUT2D eigenvalue weighted by Gasteiger charge is 2.30. The van der Waals surface area contributed by atoms with Crippen molar-refractivity contribution in [3.8, 4) is 0 Å². The molecule has 1 aromatic rings. The number of nitrogens with zero attached hydrogens (tertiary/aromatic N) is 1. The number of carboxylic acid groups (broad SMARTS) is 1. The van der Waals surface area contributed by atoms with Crippen LogP contribution in [-0.4, -0.2) is 22.0 Å². The molecule has 2 rings (SSSR count). The molecule has 17 heavy (non-hydrogen) atoms. The molecule has 0 bridgehead atoms. The van der Waals surface area contributed by atoms with Crippen LogP contribution in [0.1, 0.15) is 18.0 Å². The number of non-ortho nitro benzene ring substituents is 1. The van der Waals surface area contributed by atoms with Crippen LogP contribution in [0.2, 0.25) is 0 Å². The van der Waals surface area contributed by atoms with Gasteiger partial charge in [-0.25, -0.2) is 10.9 Å². The molecule has 1 heterocycles.